The van der Waals surface area contributed by atoms with Crippen molar-refractivity contribution in [2.45, 2.75) is 4.90 Å². The van der Waals surface area contributed by atoms with Gasteiger partial charge < -0.3 is 20.1 Å². The molecule has 0 bridgehead atoms. The van der Waals surface area contributed by atoms with E-state index in [1.54, 1.807) is 11.8 Å². The summed E-state index contributed by atoms with van der Waals surface area (Å²) >= 11 is 7.02. The van der Waals surface area contributed by atoms with E-state index in [-0.39, 0.29) is 6.79 Å². The van der Waals surface area contributed by atoms with Gasteiger partial charge in [-0.1, -0.05) is 0 Å². The first-order valence-corrected chi connectivity index (χ1v) is 7.99. The normalized spacial score (nSPS) is 12.0. The van der Waals surface area contributed by atoms with Gasteiger partial charge in [0.2, 0.25) is 6.79 Å². The van der Waals surface area contributed by atoms with Crippen molar-refractivity contribution >= 4 is 40.5 Å². The van der Waals surface area contributed by atoms with Gasteiger partial charge in [-0.2, -0.15) is 0 Å². The number of hydrogen-bond donors (Lipinski definition) is 2. The second-order valence-electron chi connectivity index (χ2n) is 4.38. The highest BCUT2D eigenvalue weighted by Crippen LogP contribution is 2.34. The van der Waals surface area contributed by atoms with Gasteiger partial charge >= 0.3 is 0 Å². The zero-order chi connectivity index (χ0) is 14.7. The fraction of sp³-hybridized carbons (Fsp3) is 0.133. The molecule has 0 aliphatic carbocycles. The lowest BCUT2D eigenvalue weighted by molar-refractivity contribution is 0.174. The molecule has 2 N–H and O–H groups in total. The van der Waals surface area contributed by atoms with E-state index < -0.39 is 0 Å². The lowest BCUT2D eigenvalue weighted by Gasteiger charge is -2.11. The summed E-state index contributed by atoms with van der Waals surface area (Å²) in [5.41, 5.74) is 1.81. The van der Waals surface area contributed by atoms with Crippen molar-refractivity contribution in [3.05, 3.63) is 42.5 Å². The van der Waals surface area contributed by atoms with Crippen molar-refractivity contribution in [1.29, 1.82) is 0 Å². The highest BCUT2D eigenvalue weighted by Gasteiger charge is 2.13. The molecule has 0 saturated heterocycles. The number of hydrogen-bond acceptors (Lipinski definition) is 4. The third-order valence-corrected chi connectivity index (χ3v) is 3.93. The quantitative estimate of drug-likeness (QED) is 0.660. The van der Waals surface area contributed by atoms with Crippen LogP contribution in [0, 0.1) is 0 Å². The molecule has 1 heterocycles. The van der Waals surface area contributed by atoms with Crippen LogP contribution in [0.3, 0.4) is 0 Å². The number of fused-ring (bicyclic) bond motifs is 1. The summed E-state index contributed by atoms with van der Waals surface area (Å²) in [6, 6.07) is 13.7. The Labute approximate surface area is 132 Å². The van der Waals surface area contributed by atoms with Gasteiger partial charge in [0.1, 0.15) is 0 Å². The summed E-state index contributed by atoms with van der Waals surface area (Å²) in [7, 11) is 0. The highest BCUT2D eigenvalue weighted by atomic mass is 32.2. The Morgan fingerprint density at radius 2 is 1.67 bits per heavy atom. The predicted molar refractivity (Wildman–Crippen MR) is 90.6 cm³/mol. The smallest absolute Gasteiger partial charge is 0.231 e. The van der Waals surface area contributed by atoms with Crippen molar-refractivity contribution in [2.75, 3.05) is 23.7 Å². The largest absolute Gasteiger partial charge is 0.454 e. The molecule has 0 aromatic heterocycles. The summed E-state index contributed by atoms with van der Waals surface area (Å²) in [6.07, 6.45) is 2.05. The van der Waals surface area contributed by atoms with Crippen molar-refractivity contribution in [3.8, 4) is 11.5 Å². The molecule has 1 aliphatic heterocycles. The third-order valence-electron chi connectivity index (χ3n) is 2.98. The Bertz CT molecular complexity index is 659. The number of benzene rings is 2. The molecule has 4 nitrogen and oxygen atoms in total. The summed E-state index contributed by atoms with van der Waals surface area (Å²) in [5, 5.41) is 6.81. The maximum atomic E-state index is 5.34. The van der Waals surface area contributed by atoms with E-state index in [9.17, 15) is 0 Å². The minimum absolute atomic E-state index is 0.267. The van der Waals surface area contributed by atoms with Crippen LogP contribution < -0.4 is 20.1 Å². The standard InChI is InChI=1S/C15H14N2O2S2/c1-21-12-5-2-10(3-6-12)16-15(20)17-11-4-7-13-14(8-11)19-9-18-13/h2-8H,9H2,1H3,(H2,16,17,20). The first-order chi connectivity index (χ1) is 10.2. The summed E-state index contributed by atoms with van der Waals surface area (Å²) in [5.74, 6) is 1.49. The molecule has 0 saturated carbocycles. The molecule has 108 valence electrons. The van der Waals surface area contributed by atoms with Crippen LogP contribution in [0.4, 0.5) is 11.4 Å². The van der Waals surface area contributed by atoms with E-state index in [0.29, 0.717) is 5.11 Å². The number of anilines is 2. The van der Waals surface area contributed by atoms with Gasteiger partial charge in [-0.25, -0.2) is 0 Å². The Morgan fingerprint density at radius 1 is 1.00 bits per heavy atom. The molecule has 0 radical (unpaired) electrons. The minimum Gasteiger partial charge on any atom is -0.454 e. The number of rotatable bonds is 3. The lowest BCUT2D eigenvalue weighted by Crippen LogP contribution is -2.18. The molecule has 21 heavy (non-hydrogen) atoms. The van der Waals surface area contributed by atoms with Crippen LogP contribution in [0.2, 0.25) is 0 Å². The van der Waals surface area contributed by atoms with Gasteiger partial charge in [0.05, 0.1) is 0 Å². The van der Waals surface area contributed by atoms with E-state index in [1.165, 1.54) is 4.90 Å². The van der Waals surface area contributed by atoms with Gasteiger partial charge in [-0.05, 0) is 54.9 Å². The fourth-order valence-electron chi connectivity index (χ4n) is 1.94. The van der Waals surface area contributed by atoms with Crippen molar-refractivity contribution in [3.63, 3.8) is 0 Å². The van der Waals surface area contributed by atoms with Crippen molar-refractivity contribution in [1.82, 2.24) is 0 Å². The molecule has 0 unspecified atom stereocenters. The van der Waals surface area contributed by atoms with Gasteiger partial charge in [0.15, 0.2) is 16.6 Å². The fourth-order valence-corrected chi connectivity index (χ4v) is 2.59. The third kappa shape index (κ3) is 3.40. The number of thioether (sulfide) groups is 1. The highest BCUT2D eigenvalue weighted by molar-refractivity contribution is 7.98. The van der Waals surface area contributed by atoms with Crippen LogP contribution in [0.5, 0.6) is 11.5 Å². The molecule has 0 fully saturated rings. The van der Waals surface area contributed by atoms with Crippen LogP contribution >= 0.6 is 24.0 Å². The molecule has 0 amide bonds. The lowest BCUT2D eigenvalue weighted by atomic mass is 10.3. The number of thiocarbonyl (C=S) groups is 1. The zero-order valence-electron chi connectivity index (χ0n) is 11.4. The molecule has 2 aromatic rings. The van der Waals surface area contributed by atoms with E-state index in [4.69, 9.17) is 21.7 Å². The Morgan fingerprint density at radius 3 is 2.43 bits per heavy atom. The predicted octanol–water partition coefficient (Wildman–Crippen LogP) is 3.95. The monoisotopic (exact) mass is 318 g/mol. The van der Waals surface area contributed by atoms with E-state index in [2.05, 4.69) is 22.8 Å². The average molecular weight is 318 g/mol. The molecule has 0 atom stereocenters. The molecule has 1 aliphatic rings. The molecular formula is C15H14N2O2S2. The molecule has 0 spiro atoms. The van der Waals surface area contributed by atoms with Crippen LogP contribution in [-0.2, 0) is 0 Å². The van der Waals surface area contributed by atoms with E-state index in [0.717, 1.165) is 22.9 Å². The molecule has 6 heteroatoms. The number of ether oxygens (including phenoxy) is 2. The molecular weight excluding hydrogens is 304 g/mol. The van der Waals surface area contributed by atoms with Crippen LogP contribution in [0.25, 0.3) is 0 Å². The van der Waals surface area contributed by atoms with Crippen molar-refractivity contribution in [2.24, 2.45) is 0 Å². The average Bonchev–Trinajstić information content (AvgIpc) is 2.95. The van der Waals surface area contributed by atoms with E-state index in [1.807, 2.05) is 36.6 Å². The summed E-state index contributed by atoms with van der Waals surface area (Å²) < 4.78 is 10.6. The molecule has 3 rings (SSSR count). The van der Waals surface area contributed by atoms with Gasteiger partial charge in [0, 0.05) is 22.3 Å². The maximum absolute atomic E-state index is 5.34. The van der Waals surface area contributed by atoms with Gasteiger partial charge in [-0.3, -0.25) is 0 Å². The van der Waals surface area contributed by atoms with Gasteiger partial charge in [0.25, 0.3) is 0 Å². The first kappa shape index (κ1) is 14.0. The second kappa shape index (κ2) is 6.24. The Hall–Kier alpha value is -1.92. The Kier molecular flexibility index (Phi) is 4.17. The van der Waals surface area contributed by atoms with Crippen LogP contribution in [0.15, 0.2) is 47.4 Å². The SMILES string of the molecule is CSc1ccc(NC(=S)Nc2ccc3c(c2)OCO3)cc1. The van der Waals surface area contributed by atoms with Crippen molar-refractivity contribution < 1.29 is 9.47 Å². The van der Waals surface area contributed by atoms with Crippen LogP contribution in [-0.4, -0.2) is 18.2 Å². The van der Waals surface area contributed by atoms with Gasteiger partial charge in [-0.15, -0.1) is 11.8 Å². The number of nitrogens with one attached hydrogen (secondary N) is 2. The summed E-state index contributed by atoms with van der Waals surface area (Å²) in [4.78, 5) is 1.22. The topological polar surface area (TPSA) is 42.5 Å². The zero-order valence-corrected chi connectivity index (χ0v) is 13.0. The van der Waals surface area contributed by atoms with Crippen LogP contribution in [0.1, 0.15) is 0 Å². The Balaban J connectivity index is 1.63. The second-order valence-corrected chi connectivity index (χ2v) is 5.66. The first-order valence-electron chi connectivity index (χ1n) is 6.36. The summed E-state index contributed by atoms with van der Waals surface area (Å²) in [6.45, 7) is 0.267. The minimum atomic E-state index is 0.267. The van der Waals surface area contributed by atoms with E-state index >= 15 is 0 Å². The molecule has 2 aromatic carbocycles. The maximum Gasteiger partial charge on any atom is 0.231 e.